The van der Waals surface area contributed by atoms with Crippen LogP contribution in [0.1, 0.15) is 32.1 Å². The molecule has 31 heavy (non-hydrogen) atoms. The van der Waals surface area contributed by atoms with E-state index < -0.39 is 11.9 Å². The average Bonchev–Trinajstić information content (AvgIpc) is 2.80. The SMILES string of the molecule is COC(=O)C1CCC(Nc2ncc(F)c(-c3ccnc(N4CCCOC4=O)c3)n2)CC1. The number of nitrogens with zero attached hydrogens (tertiary/aromatic N) is 4. The average molecular weight is 429 g/mol. The van der Waals surface area contributed by atoms with Gasteiger partial charge in [0.15, 0.2) is 5.82 Å². The summed E-state index contributed by atoms with van der Waals surface area (Å²) in [6, 6.07) is 3.34. The van der Waals surface area contributed by atoms with Gasteiger partial charge < -0.3 is 14.8 Å². The highest BCUT2D eigenvalue weighted by molar-refractivity contribution is 5.87. The fourth-order valence-electron chi connectivity index (χ4n) is 3.93. The van der Waals surface area contributed by atoms with E-state index in [1.54, 1.807) is 12.1 Å². The van der Waals surface area contributed by atoms with Crippen molar-refractivity contribution < 1.29 is 23.5 Å². The molecule has 0 atom stereocenters. The second-order valence-corrected chi connectivity index (χ2v) is 7.63. The third-order valence-corrected chi connectivity index (χ3v) is 5.61. The Hall–Kier alpha value is -3.30. The van der Waals surface area contributed by atoms with Crippen LogP contribution in [-0.4, -0.2) is 53.3 Å². The second kappa shape index (κ2) is 9.23. The highest BCUT2D eigenvalue weighted by atomic mass is 19.1. The molecule has 0 aromatic carbocycles. The lowest BCUT2D eigenvalue weighted by molar-refractivity contribution is -0.146. The highest BCUT2D eigenvalue weighted by Crippen LogP contribution is 2.29. The van der Waals surface area contributed by atoms with Crippen molar-refractivity contribution in [2.45, 2.75) is 38.1 Å². The maximum Gasteiger partial charge on any atom is 0.415 e. The van der Waals surface area contributed by atoms with Crippen molar-refractivity contribution in [1.82, 2.24) is 15.0 Å². The van der Waals surface area contributed by atoms with E-state index in [-0.39, 0.29) is 23.6 Å². The predicted molar refractivity (Wildman–Crippen MR) is 110 cm³/mol. The van der Waals surface area contributed by atoms with Crippen LogP contribution in [-0.2, 0) is 14.3 Å². The molecule has 2 aliphatic rings. The van der Waals surface area contributed by atoms with Crippen LogP contribution in [0, 0.1) is 11.7 Å². The molecule has 10 heteroatoms. The lowest BCUT2D eigenvalue weighted by atomic mass is 9.86. The molecule has 4 rings (SSSR count). The number of carbonyl (C=O) groups is 2. The van der Waals surface area contributed by atoms with Gasteiger partial charge in [-0.25, -0.2) is 24.1 Å². The summed E-state index contributed by atoms with van der Waals surface area (Å²) in [7, 11) is 1.40. The molecule has 0 spiro atoms. The Morgan fingerprint density at radius 2 is 2.10 bits per heavy atom. The zero-order chi connectivity index (χ0) is 21.8. The Bertz CT molecular complexity index is 965. The van der Waals surface area contributed by atoms with Crippen LogP contribution in [0.25, 0.3) is 11.3 Å². The molecule has 9 nitrogen and oxygen atoms in total. The molecule has 1 aliphatic heterocycles. The molecule has 1 amide bonds. The van der Waals surface area contributed by atoms with Crippen LogP contribution in [0.3, 0.4) is 0 Å². The number of hydrogen-bond donors (Lipinski definition) is 1. The van der Waals surface area contributed by atoms with E-state index in [1.165, 1.54) is 18.2 Å². The van der Waals surface area contributed by atoms with Crippen molar-refractivity contribution in [3.05, 3.63) is 30.3 Å². The number of hydrogen-bond acceptors (Lipinski definition) is 8. The van der Waals surface area contributed by atoms with Crippen LogP contribution in [0.2, 0.25) is 0 Å². The normalized spacial score (nSPS) is 21.4. The number of methoxy groups -OCH3 is 1. The third kappa shape index (κ3) is 4.73. The van der Waals surface area contributed by atoms with E-state index in [0.717, 1.165) is 31.9 Å². The molecule has 0 bridgehead atoms. The molecule has 1 saturated carbocycles. The summed E-state index contributed by atoms with van der Waals surface area (Å²) >= 11 is 0. The second-order valence-electron chi connectivity index (χ2n) is 7.63. The van der Waals surface area contributed by atoms with Gasteiger partial charge in [-0.2, -0.15) is 0 Å². The van der Waals surface area contributed by atoms with Gasteiger partial charge in [-0.1, -0.05) is 0 Å². The van der Waals surface area contributed by atoms with Crippen molar-refractivity contribution >= 4 is 23.8 Å². The molecule has 1 saturated heterocycles. The van der Waals surface area contributed by atoms with Gasteiger partial charge in [0.2, 0.25) is 5.95 Å². The molecular weight excluding hydrogens is 405 g/mol. The Balaban J connectivity index is 1.49. The molecular formula is C21H24FN5O4. The third-order valence-electron chi connectivity index (χ3n) is 5.61. The minimum absolute atomic E-state index is 0.0792. The number of cyclic esters (lactones) is 1. The van der Waals surface area contributed by atoms with Gasteiger partial charge in [0.05, 0.1) is 25.8 Å². The summed E-state index contributed by atoms with van der Waals surface area (Å²) in [4.78, 5) is 37.7. The topological polar surface area (TPSA) is 107 Å². The van der Waals surface area contributed by atoms with Crippen LogP contribution in [0.4, 0.5) is 21.0 Å². The Morgan fingerprint density at radius 3 is 2.84 bits per heavy atom. The van der Waals surface area contributed by atoms with E-state index >= 15 is 0 Å². The number of anilines is 2. The van der Waals surface area contributed by atoms with E-state index in [0.29, 0.717) is 36.9 Å². The van der Waals surface area contributed by atoms with E-state index in [4.69, 9.17) is 9.47 Å². The smallest absolute Gasteiger partial charge is 0.415 e. The predicted octanol–water partition coefficient (Wildman–Crippen LogP) is 3.17. The minimum Gasteiger partial charge on any atom is -0.469 e. The van der Waals surface area contributed by atoms with Crippen molar-refractivity contribution in [3.8, 4) is 11.3 Å². The van der Waals surface area contributed by atoms with Crippen molar-refractivity contribution in [3.63, 3.8) is 0 Å². The molecule has 2 aromatic heterocycles. The summed E-state index contributed by atoms with van der Waals surface area (Å²) < 4.78 is 24.4. The van der Waals surface area contributed by atoms with Gasteiger partial charge >= 0.3 is 12.1 Å². The van der Waals surface area contributed by atoms with Gasteiger partial charge in [-0.3, -0.25) is 9.69 Å². The molecule has 164 valence electrons. The van der Waals surface area contributed by atoms with E-state index in [2.05, 4.69) is 20.3 Å². The number of pyridine rings is 1. The van der Waals surface area contributed by atoms with Crippen molar-refractivity contribution in [2.75, 3.05) is 30.5 Å². The van der Waals surface area contributed by atoms with Gasteiger partial charge in [-0.15, -0.1) is 0 Å². The summed E-state index contributed by atoms with van der Waals surface area (Å²) in [5.41, 5.74) is 0.607. The summed E-state index contributed by atoms with van der Waals surface area (Å²) in [6.45, 7) is 0.870. The number of carbonyl (C=O) groups excluding carboxylic acids is 2. The Kier molecular flexibility index (Phi) is 6.24. The van der Waals surface area contributed by atoms with E-state index in [9.17, 15) is 14.0 Å². The fourth-order valence-corrected chi connectivity index (χ4v) is 3.93. The molecule has 1 N–H and O–H groups in total. The molecule has 1 aliphatic carbocycles. The first-order valence-electron chi connectivity index (χ1n) is 10.3. The van der Waals surface area contributed by atoms with Gasteiger partial charge in [0, 0.05) is 24.3 Å². The Morgan fingerprint density at radius 1 is 1.29 bits per heavy atom. The zero-order valence-electron chi connectivity index (χ0n) is 17.2. The van der Waals surface area contributed by atoms with Crippen LogP contribution >= 0.6 is 0 Å². The minimum atomic E-state index is -0.571. The molecule has 3 heterocycles. The first kappa shape index (κ1) is 21.0. The maximum absolute atomic E-state index is 14.5. The number of rotatable bonds is 5. The first-order valence-corrected chi connectivity index (χ1v) is 10.3. The maximum atomic E-state index is 14.5. The fraction of sp³-hybridized carbons (Fsp3) is 0.476. The molecule has 0 unspecified atom stereocenters. The number of amides is 1. The number of halogens is 1. The standard InChI is InChI=1S/C21H24FN5O4/c1-30-19(28)13-3-5-15(6-4-13)25-20-24-12-16(22)18(26-20)14-7-8-23-17(11-14)27-9-2-10-31-21(27)29/h7-8,11-13,15H,2-6,9-10H2,1H3,(H,24,25,26). The van der Waals surface area contributed by atoms with Gasteiger partial charge in [0.25, 0.3) is 0 Å². The zero-order valence-corrected chi connectivity index (χ0v) is 17.2. The first-order chi connectivity index (χ1) is 15.0. The Labute approximate surface area is 179 Å². The monoisotopic (exact) mass is 429 g/mol. The van der Waals surface area contributed by atoms with Gasteiger partial charge in [-0.05, 0) is 44.2 Å². The molecule has 2 aromatic rings. The highest BCUT2D eigenvalue weighted by Gasteiger charge is 2.27. The number of esters is 1. The summed E-state index contributed by atoms with van der Waals surface area (Å²) in [5, 5.41) is 3.24. The van der Waals surface area contributed by atoms with Crippen LogP contribution in [0.15, 0.2) is 24.5 Å². The largest absolute Gasteiger partial charge is 0.469 e. The summed E-state index contributed by atoms with van der Waals surface area (Å²) in [5.74, 6) is -0.128. The van der Waals surface area contributed by atoms with Gasteiger partial charge in [0.1, 0.15) is 11.5 Å². The molecule has 0 radical (unpaired) electrons. The lowest BCUT2D eigenvalue weighted by Crippen LogP contribution is -2.38. The summed E-state index contributed by atoms with van der Waals surface area (Å²) in [6.07, 6.45) is 5.85. The van der Waals surface area contributed by atoms with E-state index in [1.807, 2.05) is 0 Å². The number of aromatic nitrogens is 3. The molecule has 2 fully saturated rings. The van der Waals surface area contributed by atoms with Crippen molar-refractivity contribution in [1.29, 1.82) is 0 Å². The number of nitrogens with one attached hydrogen (secondary N) is 1. The van der Waals surface area contributed by atoms with Crippen LogP contribution in [0.5, 0.6) is 0 Å². The quantitative estimate of drug-likeness (QED) is 0.723. The van der Waals surface area contributed by atoms with Crippen molar-refractivity contribution in [2.24, 2.45) is 5.92 Å². The number of ether oxygens (including phenoxy) is 2. The lowest BCUT2D eigenvalue weighted by Gasteiger charge is -2.27. The van der Waals surface area contributed by atoms with Crippen LogP contribution < -0.4 is 10.2 Å².